The Morgan fingerprint density at radius 1 is 1.50 bits per heavy atom. The predicted octanol–water partition coefficient (Wildman–Crippen LogP) is 4.38. The van der Waals surface area contributed by atoms with Crippen LogP contribution < -0.4 is 4.90 Å². The third-order valence-electron chi connectivity index (χ3n) is 3.22. The quantitative estimate of drug-likeness (QED) is 0.830. The molecule has 0 saturated heterocycles. The van der Waals surface area contributed by atoms with Crippen LogP contribution in [0.15, 0.2) is 34.2 Å². The maximum atomic E-state index is 4.56. The van der Waals surface area contributed by atoms with Crippen LogP contribution in [0.2, 0.25) is 0 Å². The van der Waals surface area contributed by atoms with E-state index >= 15 is 0 Å². The second kappa shape index (κ2) is 5.02. The molecule has 0 amide bonds. The summed E-state index contributed by atoms with van der Waals surface area (Å²) in [5, 5.41) is 2.14. The number of pyridine rings is 1. The summed E-state index contributed by atoms with van der Waals surface area (Å²) in [4.78, 5) is 8.41. The van der Waals surface area contributed by atoms with Crippen molar-refractivity contribution in [2.75, 3.05) is 4.90 Å². The number of thiophene rings is 1. The number of aromatic nitrogens is 1. The average Bonchev–Trinajstić information content (AvgIpc) is 3.07. The predicted molar refractivity (Wildman–Crippen MR) is 80.2 cm³/mol. The minimum atomic E-state index is 0.681. The molecule has 94 valence electrons. The average molecular weight is 323 g/mol. The number of anilines is 1. The Morgan fingerprint density at radius 3 is 2.94 bits per heavy atom. The van der Waals surface area contributed by atoms with Crippen molar-refractivity contribution in [3.05, 3.63) is 44.7 Å². The zero-order valence-corrected chi connectivity index (χ0v) is 12.7. The Balaban J connectivity index is 1.86. The van der Waals surface area contributed by atoms with Crippen LogP contribution >= 0.6 is 27.3 Å². The minimum absolute atomic E-state index is 0.681. The first-order valence-electron chi connectivity index (χ1n) is 6.15. The lowest BCUT2D eigenvalue weighted by molar-refractivity contribution is 0.785. The lowest BCUT2D eigenvalue weighted by atomic mass is 10.3. The van der Waals surface area contributed by atoms with E-state index in [1.165, 1.54) is 23.3 Å². The van der Waals surface area contributed by atoms with Crippen LogP contribution in [-0.4, -0.2) is 11.0 Å². The molecule has 0 aromatic carbocycles. The fourth-order valence-corrected chi connectivity index (χ4v) is 2.95. The van der Waals surface area contributed by atoms with Gasteiger partial charge in [-0.2, -0.15) is 0 Å². The summed E-state index contributed by atoms with van der Waals surface area (Å²) >= 11 is 5.33. The Morgan fingerprint density at radius 2 is 2.33 bits per heavy atom. The van der Waals surface area contributed by atoms with Crippen molar-refractivity contribution in [1.29, 1.82) is 0 Å². The zero-order valence-electron chi connectivity index (χ0n) is 10.3. The van der Waals surface area contributed by atoms with E-state index in [1.807, 2.05) is 17.5 Å². The summed E-state index contributed by atoms with van der Waals surface area (Å²) in [6, 6.07) is 7.17. The Labute approximate surface area is 120 Å². The fraction of sp³-hybridized carbons (Fsp3) is 0.357. The molecule has 0 aliphatic heterocycles. The van der Waals surface area contributed by atoms with Gasteiger partial charge in [0.2, 0.25) is 0 Å². The van der Waals surface area contributed by atoms with E-state index < -0.39 is 0 Å². The van der Waals surface area contributed by atoms with E-state index in [2.05, 4.69) is 56.3 Å². The third kappa shape index (κ3) is 2.59. The number of aryl methyl sites for hydroxylation is 1. The first kappa shape index (κ1) is 12.2. The molecular formula is C14H15BrN2S. The van der Waals surface area contributed by atoms with Gasteiger partial charge in [-0.25, -0.2) is 4.98 Å². The van der Waals surface area contributed by atoms with E-state index in [-0.39, 0.29) is 0 Å². The first-order valence-corrected chi connectivity index (χ1v) is 7.82. The molecule has 4 heteroatoms. The Kier molecular flexibility index (Phi) is 3.39. The van der Waals surface area contributed by atoms with Crippen molar-refractivity contribution in [3.8, 4) is 0 Å². The largest absolute Gasteiger partial charge is 0.348 e. The smallest absolute Gasteiger partial charge is 0.129 e. The van der Waals surface area contributed by atoms with Crippen LogP contribution in [0.5, 0.6) is 0 Å². The molecular weight excluding hydrogens is 308 g/mol. The van der Waals surface area contributed by atoms with Crippen LogP contribution in [0.1, 0.15) is 23.3 Å². The number of hydrogen-bond donors (Lipinski definition) is 0. The van der Waals surface area contributed by atoms with Gasteiger partial charge in [-0.3, -0.25) is 0 Å². The Hall–Kier alpha value is -0.870. The lowest BCUT2D eigenvalue weighted by Gasteiger charge is -2.23. The molecule has 0 atom stereocenters. The summed E-state index contributed by atoms with van der Waals surface area (Å²) in [6.07, 6.45) is 4.50. The third-order valence-corrected chi connectivity index (χ3v) is 4.91. The molecule has 2 aromatic rings. The van der Waals surface area contributed by atoms with Crippen LogP contribution in [0.3, 0.4) is 0 Å². The normalized spacial score (nSPS) is 14.8. The minimum Gasteiger partial charge on any atom is -0.348 e. The van der Waals surface area contributed by atoms with Crippen LogP contribution in [0, 0.1) is 6.92 Å². The van der Waals surface area contributed by atoms with E-state index in [0.717, 1.165) is 16.8 Å². The first-order chi connectivity index (χ1) is 8.74. The topological polar surface area (TPSA) is 16.1 Å². The van der Waals surface area contributed by atoms with E-state index in [9.17, 15) is 0 Å². The molecule has 1 saturated carbocycles. The molecule has 0 unspecified atom stereocenters. The van der Waals surface area contributed by atoms with Crippen LogP contribution in [-0.2, 0) is 6.54 Å². The van der Waals surface area contributed by atoms with Gasteiger partial charge in [0.1, 0.15) is 5.82 Å². The highest BCUT2D eigenvalue weighted by Gasteiger charge is 2.30. The van der Waals surface area contributed by atoms with Crippen molar-refractivity contribution in [2.24, 2.45) is 0 Å². The summed E-state index contributed by atoms with van der Waals surface area (Å²) < 4.78 is 1.08. The fourth-order valence-electron chi connectivity index (χ4n) is 2.04. The van der Waals surface area contributed by atoms with E-state index in [0.29, 0.717) is 6.04 Å². The summed E-state index contributed by atoms with van der Waals surface area (Å²) in [5.41, 5.74) is 1.25. The summed E-state index contributed by atoms with van der Waals surface area (Å²) in [6.45, 7) is 3.10. The SMILES string of the molecule is Cc1cc(N(Cc2cccs2)C2CC2)ncc1Br. The van der Waals surface area contributed by atoms with Crippen molar-refractivity contribution >= 4 is 33.1 Å². The maximum absolute atomic E-state index is 4.56. The molecule has 0 N–H and O–H groups in total. The molecule has 0 radical (unpaired) electrons. The maximum Gasteiger partial charge on any atom is 0.129 e. The van der Waals surface area contributed by atoms with Crippen molar-refractivity contribution < 1.29 is 0 Å². The van der Waals surface area contributed by atoms with E-state index in [4.69, 9.17) is 0 Å². The second-order valence-electron chi connectivity index (χ2n) is 4.73. The number of nitrogens with zero attached hydrogens (tertiary/aromatic N) is 2. The molecule has 0 bridgehead atoms. The molecule has 3 rings (SSSR count). The highest BCUT2D eigenvalue weighted by atomic mass is 79.9. The molecule has 1 fully saturated rings. The standard InChI is InChI=1S/C14H15BrN2S/c1-10-7-14(16-8-13(10)15)17(11-4-5-11)9-12-3-2-6-18-12/h2-3,6-8,11H,4-5,9H2,1H3. The summed E-state index contributed by atoms with van der Waals surface area (Å²) in [7, 11) is 0. The monoisotopic (exact) mass is 322 g/mol. The van der Waals surface area contributed by atoms with Gasteiger partial charge in [0.25, 0.3) is 0 Å². The van der Waals surface area contributed by atoms with Crippen molar-refractivity contribution in [2.45, 2.75) is 32.4 Å². The highest BCUT2D eigenvalue weighted by molar-refractivity contribution is 9.10. The lowest BCUT2D eigenvalue weighted by Crippen LogP contribution is -2.25. The van der Waals surface area contributed by atoms with Crippen LogP contribution in [0.4, 0.5) is 5.82 Å². The van der Waals surface area contributed by atoms with Crippen molar-refractivity contribution in [3.63, 3.8) is 0 Å². The molecule has 2 heterocycles. The molecule has 18 heavy (non-hydrogen) atoms. The number of hydrogen-bond acceptors (Lipinski definition) is 3. The van der Waals surface area contributed by atoms with Gasteiger partial charge in [-0.05, 0) is 58.8 Å². The molecule has 0 spiro atoms. The van der Waals surface area contributed by atoms with Gasteiger partial charge in [0, 0.05) is 21.6 Å². The van der Waals surface area contributed by atoms with Gasteiger partial charge < -0.3 is 4.90 Å². The Bertz CT molecular complexity index is 535. The summed E-state index contributed by atoms with van der Waals surface area (Å²) in [5.74, 6) is 1.10. The van der Waals surface area contributed by atoms with Gasteiger partial charge in [0.15, 0.2) is 0 Å². The molecule has 1 aliphatic rings. The van der Waals surface area contributed by atoms with Gasteiger partial charge >= 0.3 is 0 Å². The number of halogens is 1. The van der Waals surface area contributed by atoms with Crippen LogP contribution in [0.25, 0.3) is 0 Å². The van der Waals surface area contributed by atoms with Gasteiger partial charge in [-0.15, -0.1) is 11.3 Å². The number of rotatable bonds is 4. The zero-order chi connectivity index (χ0) is 12.5. The molecule has 2 aromatic heterocycles. The second-order valence-corrected chi connectivity index (χ2v) is 6.62. The van der Waals surface area contributed by atoms with Gasteiger partial charge in [0.05, 0.1) is 6.54 Å². The van der Waals surface area contributed by atoms with Gasteiger partial charge in [-0.1, -0.05) is 6.07 Å². The van der Waals surface area contributed by atoms with Crippen molar-refractivity contribution in [1.82, 2.24) is 4.98 Å². The van der Waals surface area contributed by atoms with E-state index in [1.54, 1.807) is 0 Å². The molecule has 2 nitrogen and oxygen atoms in total. The highest BCUT2D eigenvalue weighted by Crippen LogP contribution is 2.33. The molecule has 1 aliphatic carbocycles.